The van der Waals surface area contributed by atoms with Gasteiger partial charge in [0.05, 0.1) is 12.2 Å². The number of hydrogen-bond acceptors (Lipinski definition) is 4. The second-order valence-electron chi connectivity index (χ2n) is 5.38. The average molecular weight is 386 g/mol. The molecule has 128 valence electrons. The third-order valence-corrected chi connectivity index (χ3v) is 4.95. The van der Waals surface area contributed by atoms with Gasteiger partial charge in [0, 0.05) is 20.5 Å². The van der Waals surface area contributed by atoms with E-state index in [2.05, 4.69) is 5.32 Å². The van der Waals surface area contributed by atoms with Crippen LogP contribution < -0.4 is 5.32 Å². The summed E-state index contributed by atoms with van der Waals surface area (Å²) in [7, 11) is 0. The van der Waals surface area contributed by atoms with Crippen molar-refractivity contribution >= 4 is 51.4 Å². The van der Waals surface area contributed by atoms with Crippen molar-refractivity contribution in [3.63, 3.8) is 0 Å². The van der Waals surface area contributed by atoms with Gasteiger partial charge in [-0.1, -0.05) is 37.0 Å². The van der Waals surface area contributed by atoms with Crippen LogP contribution in [0.2, 0.25) is 10.0 Å². The molecule has 4 nitrogen and oxygen atoms in total. The van der Waals surface area contributed by atoms with Crippen LogP contribution in [0.3, 0.4) is 0 Å². The Morgan fingerprint density at radius 2 is 1.79 bits per heavy atom. The lowest BCUT2D eigenvalue weighted by Gasteiger charge is -2.07. The van der Waals surface area contributed by atoms with E-state index in [4.69, 9.17) is 27.9 Å². The van der Waals surface area contributed by atoms with Gasteiger partial charge in [0.25, 0.3) is 5.91 Å². The molecule has 0 unspecified atom stereocenters. The topological polar surface area (TPSA) is 55.4 Å². The van der Waals surface area contributed by atoms with Gasteiger partial charge in [-0.05, 0) is 37.1 Å². The van der Waals surface area contributed by atoms with Gasteiger partial charge >= 0.3 is 5.97 Å². The molecule has 0 fully saturated rings. The normalized spacial score (nSPS) is 10.8. The van der Waals surface area contributed by atoms with Crippen LogP contribution in [0.15, 0.2) is 24.3 Å². The average Bonchev–Trinajstić information content (AvgIpc) is 2.90. The van der Waals surface area contributed by atoms with Crippen LogP contribution in [0.25, 0.3) is 0 Å². The van der Waals surface area contributed by atoms with Crippen molar-refractivity contribution in [1.29, 1.82) is 0 Å². The summed E-state index contributed by atoms with van der Waals surface area (Å²) in [4.78, 5) is 25.6. The van der Waals surface area contributed by atoms with Crippen LogP contribution in [0.5, 0.6) is 0 Å². The Kier molecular flexibility index (Phi) is 6.27. The maximum Gasteiger partial charge on any atom is 0.341 e. The maximum atomic E-state index is 12.5. The van der Waals surface area contributed by atoms with E-state index in [1.54, 1.807) is 19.1 Å². The Labute approximate surface area is 154 Å². The van der Waals surface area contributed by atoms with Gasteiger partial charge in [0.1, 0.15) is 5.00 Å². The standard InChI is InChI=1S/C17H17Cl2NO3S/c1-4-23-17(22)13-8-14(9(2)3)24-16(13)20-15(21)10-5-11(18)7-12(19)6-10/h5-9H,4H2,1-3H3,(H,20,21). The highest BCUT2D eigenvalue weighted by atomic mass is 35.5. The zero-order valence-corrected chi connectivity index (χ0v) is 15.8. The number of carbonyl (C=O) groups excluding carboxylic acids is 2. The van der Waals surface area contributed by atoms with Crippen LogP contribution in [-0.2, 0) is 4.74 Å². The quantitative estimate of drug-likeness (QED) is 0.680. The molecule has 24 heavy (non-hydrogen) atoms. The first kappa shape index (κ1) is 18.8. The molecule has 1 amide bonds. The number of halogens is 2. The highest BCUT2D eigenvalue weighted by molar-refractivity contribution is 7.16. The molecule has 7 heteroatoms. The summed E-state index contributed by atoms with van der Waals surface area (Å²) >= 11 is 13.2. The summed E-state index contributed by atoms with van der Waals surface area (Å²) in [6, 6.07) is 6.34. The predicted octanol–water partition coefficient (Wildman–Crippen LogP) is 5.61. The number of hydrogen-bond donors (Lipinski definition) is 1. The van der Waals surface area contributed by atoms with Gasteiger partial charge in [-0.3, -0.25) is 4.79 Å². The van der Waals surface area contributed by atoms with Crippen LogP contribution >= 0.6 is 34.5 Å². The van der Waals surface area contributed by atoms with Crippen LogP contribution in [0, 0.1) is 0 Å². The molecule has 1 N–H and O–H groups in total. The molecule has 0 saturated carbocycles. The van der Waals surface area contributed by atoms with Gasteiger partial charge in [-0.25, -0.2) is 4.79 Å². The summed E-state index contributed by atoms with van der Waals surface area (Å²) in [6.07, 6.45) is 0. The van der Waals surface area contributed by atoms with Gasteiger partial charge in [0.15, 0.2) is 0 Å². The minimum atomic E-state index is -0.458. The van der Waals surface area contributed by atoms with E-state index in [-0.39, 0.29) is 18.4 Å². The van der Waals surface area contributed by atoms with E-state index in [1.807, 2.05) is 13.8 Å². The number of rotatable bonds is 5. The first-order chi connectivity index (χ1) is 11.3. The van der Waals surface area contributed by atoms with E-state index in [0.717, 1.165) is 4.88 Å². The number of benzene rings is 1. The summed E-state index contributed by atoms with van der Waals surface area (Å²) < 4.78 is 5.06. The van der Waals surface area contributed by atoms with Gasteiger partial charge in [0.2, 0.25) is 0 Å². The van der Waals surface area contributed by atoms with E-state index >= 15 is 0 Å². The Bertz CT molecular complexity index is 751. The lowest BCUT2D eigenvalue weighted by Crippen LogP contribution is -2.14. The van der Waals surface area contributed by atoms with Gasteiger partial charge in [-0.2, -0.15) is 0 Å². The smallest absolute Gasteiger partial charge is 0.341 e. The predicted molar refractivity (Wildman–Crippen MR) is 98.8 cm³/mol. The lowest BCUT2D eigenvalue weighted by molar-refractivity contribution is 0.0528. The van der Waals surface area contributed by atoms with E-state index < -0.39 is 5.97 Å². The summed E-state index contributed by atoms with van der Waals surface area (Å²) in [6.45, 7) is 6.04. The molecule has 0 aliphatic rings. The minimum Gasteiger partial charge on any atom is -0.462 e. The van der Waals surface area contributed by atoms with Crippen LogP contribution in [0.4, 0.5) is 5.00 Å². The van der Waals surface area contributed by atoms with Crippen molar-refractivity contribution in [2.45, 2.75) is 26.7 Å². The first-order valence-electron chi connectivity index (χ1n) is 7.40. The van der Waals surface area contributed by atoms with Crippen molar-refractivity contribution in [3.05, 3.63) is 50.3 Å². The Morgan fingerprint density at radius 3 is 2.33 bits per heavy atom. The Balaban J connectivity index is 2.33. The molecule has 2 rings (SSSR count). The molecule has 1 heterocycles. The first-order valence-corrected chi connectivity index (χ1v) is 8.97. The number of esters is 1. The fourth-order valence-corrected chi connectivity index (χ4v) is 3.58. The number of anilines is 1. The van der Waals surface area contributed by atoms with E-state index in [1.165, 1.54) is 23.5 Å². The van der Waals surface area contributed by atoms with Gasteiger partial charge in [-0.15, -0.1) is 11.3 Å². The second kappa shape index (κ2) is 8.01. The fourth-order valence-electron chi connectivity index (χ4n) is 2.01. The molecule has 0 atom stereocenters. The van der Waals surface area contributed by atoms with Gasteiger partial charge < -0.3 is 10.1 Å². The minimum absolute atomic E-state index is 0.231. The number of ether oxygens (including phenoxy) is 1. The van der Waals surface area contributed by atoms with Crippen LogP contribution in [0.1, 0.15) is 52.3 Å². The fraction of sp³-hybridized carbons (Fsp3) is 0.294. The zero-order chi connectivity index (χ0) is 17.9. The second-order valence-corrected chi connectivity index (χ2v) is 7.34. The van der Waals surface area contributed by atoms with Crippen molar-refractivity contribution in [3.8, 4) is 0 Å². The van der Waals surface area contributed by atoms with Crippen molar-refractivity contribution in [2.24, 2.45) is 0 Å². The molecular formula is C17H17Cl2NO3S. The van der Waals surface area contributed by atoms with E-state index in [9.17, 15) is 9.59 Å². The number of thiophene rings is 1. The molecule has 0 aliphatic carbocycles. The largest absolute Gasteiger partial charge is 0.462 e. The molecule has 0 saturated heterocycles. The summed E-state index contributed by atoms with van der Waals surface area (Å²) in [5, 5.41) is 3.95. The highest BCUT2D eigenvalue weighted by Gasteiger charge is 2.21. The number of nitrogens with one attached hydrogen (secondary N) is 1. The summed E-state index contributed by atoms with van der Waals surface area (Å²) in [5.74, 6) is -0.614. The lowest BCUT2D eigenvalue weighted by atomic mass is 10.1. The number of amides is 1. The maximum absolute atomic E-state index is 12.5. The molecule has 2 aromatic rings. The SMILES string of the molecule is CCOC(=O)c1cc(C(C)C)sc1NC(=O)c1cc(Cl)cc(Cl)c1. The summed E-state index contributed by atoms with van der Waals surface area (Å²) in [5.41, 5.74) is 0.675. The molecule has 0 radical (unpaired) electrons. The molecular weight excluding hydrogens is 369 g/mol. The number of carbonyl (C=O) groups is 2. The Morgan fingerprint density at radius 1 is 1.17 bits per heavy atom. The molecule has 0 bridgehead atoms. The van der Waals surface area contributed by atoms with E-state index in [0.29, 0.717) is 26.2 Å². The monoisotopic (exact) mass is 385 g/mol. The highest BCUT2D eigenvalue weighted by Crippen LogP contribution is 2.34. The Hall–Kier alpha value is -1.56. The van der Waals surface area contributed by atoms with Crippen molar-refractivity contribution in [2.75, 3.05) is 11.9 Å². The molecule has 0 aliphatic heterocycles. The molecule has 1 aromatic heterocycles. The van der Waals surface area contributed by atoms with Crippen molar-refractivity contribution in [1.82, 2.24) is 0 Å². The molecule has 0 spiro atoms. The third kappa shape index (κ3) is 4.50. The van der Waals surface area contributed by atoms with Crippen molar-refractivity contribution < 1.29 is 14.3 Å². The van der Waals surface area contributed by atoms with Crippen LogP contribution in [-0.4, -0.2) is 18.5 Å². The molecule has 1 aromatic carbocycles. The zero-order valence-electron chi connectivity index (χ0n) is 13.5. The third-order valence-electron chi connectivity index (χ3n) is 3.17.